The van der Waals surface area contributed by atoms with Gasteiger partial charge >= 0.3 is 5.97 Å². The number of ether oxygens (including phenoxy) is 1. The number of carbonyl (C=O) groups excluding carboxylic acids is 2. The molecule has 0 unspecified atom stereocenters. The minimum Gasteiger partial charge on any atom is -0.462 e. The number of anilines is 1. The molecule has 2 aromatic carbocycles. The maximum Gasteiger partial charge on any atom is 0.338 e. The highest BCUT2D eigenvalue weighted by Crippen LogP contribution is 2.22. The molecule has 0 saturated heterocycles. The zero-order valence-electron chi connectivity index (χ0n) is 19.1. The van der Waals surface area contributed by atoms with E-state index in [0.717, 1.165) is 23.6 Å². The fourth-order valence-electron chi connectivity index (χ4n) is 3.02. The van der Waals surface area contributed by atoms with Gasteiger partial charge in [0.1, 0.15) is 11.6 Å². The molecule has 0 spiro atoms. The quantitative estimate of drug-likeness (QED) is 0.270. The van der Waals surface area contributed by atoms with Gasteiger partial charge in [0, 0.05) is 18.0 Å². The summed E-state index contributed by atoms with van der Waals surface area (Å²) in [6.07, 6.45) is 0.746. The maximum absolute atomic E-state index is 13.0. The number of hydrogen-bond acceptors (Lipinski definition) is 7. The lowest BCUT2D eigenvalue weighted by molar-refractivity contribution is -0.113. The van der Waals surface area contributed by atoms with Gasteiger partial charge in [-0.25, -0.2) is 9.18 Å². The van der Waals surface area contributed by atoms with Crippen LogP contribution < -0.4 is 5.32 Å². The third-order valence-corrected chi connectivity index (χ3v) is 6.64. The molecule has 1 aromatic heterocycles. The van der Waals surface area contributed by atoms with Crippen LogP contribution in [0.4, 0.5) is 10.1 Å². The topological polar surface area (TPSA) is 86.1 Å². The first kappa shape index (κ1) is 25.8. The Morgan fingerprint density at radius 2 is 1.88 bits per heavy atom. The minimum atomic E-state index is -0.409. The molecule has 34 heavy (non-hydrogen) atoms. The molecule has 0 aliphatic carbocycles. The van der Waals surface area contributed by atoms with Crippen molar-refractivity contribution in [3.63, 3.8) is 0 Å². The molecule has 0 aliphatic heterocycles. The van der Waals surface area contributed by atoms with E-state index in [9.17, 15) is 14.0 Å². The normalized spacial score (nSPS) is 10.8. The van der Waals surface area contributed by atoms with Crippen LogP contribution >= 0.6 is 23.5 Å². The molecular formula is C24H27FN4O3S2. The maximum atomic E-state index is 13.0. The number of carbonyl (C=O) groups is 2. The number of amides is 1. The van der Waals surface area contributed by atoms with Crippen molar-refractivity contribution in [2.24, 2.45) is 0 Å². The van der Waals surface area contributed by atoms with Gasteiger partial charge < -0.3 is 14.6 Å². The SMILES string of the molecule is CCCOC(=O)c1cccc(NC(=O)CSc2nnc(CSCc3ccc(F)cc3)n2CC)c1. The average molecular weight is 503 g/mol. The second kappa shape index (κ2) is 13.1. The minimum absolute atomic E-state index is 0.158. The number of nitrogens with zero attached hydrogens (tertiary/aromatic N) is 3. The zero-order valence-corrected chi connectivity index (χ0v) is 20.8. The van der Waals surface area contributed by atoms with E-state index in [1.165, 1.54) is 23.9 Å². The van der Waals surface area contributed by atoms with Gasteiger partial charge in [-0.1, -0.05) is 36.9 Å². The number of esters is 1. The molecule has 3 aromatic rings. The van der Waals surface area contributed by atoms with E-state index in [1.54, 1.807) is 48.2 Å². The molecule has 0 saturated carbocycles. The van der Waals surface area contributed by atoms with Gasteiger partial charge in [-0.05, 0) is 49.2 Å². The molecule has 3 rings (SSSR count). The van der Waals surface area contributed by atoms with Crippen LogP contribution in [0.1, 0.15) is 42.0 Å². The van der Waals surface area contributed by atoms with Gasteiger partial charge in [0.05, 0.1) is 23.7 Å². The number of benzene rings is 2. The molecule has 1 N–H and O–H groups in total. The molecule has 10 heteroatoms. The number of nitrogens with one attached hydrogen (secondary N) is 1. The van der Waals surface area contributed by atoms with Crippen molar-refractivity contribution in [1.29, 1.82) is 0 Å². The Morgan fingerprint density at radius 3 is 2.62 bits per heavy atom. The molecule has 0 atom stereocenters. The fraction of sp³-hybridized carbons (Fsp3) is 0.333. The molecule has 0 radical (unpaired) electrons. The molecular weight excluding hydrogens is 475 g/mol. The van der Waals surface area contributed by atoms with Crippen LogP contribution in [-0.2, 0) is 27.6 Å². The predicted octanol–water partition coefficient (Wildman–Crippen LogP) is 5.17. The first-order valence-corrected chi connectivity index (χ1v) is 13.1. The summed E-state index contributed by atoms with van der Waals surface area (Å²) in [5, 5.41) is 12.0. The summed E-state index contributed by atoms with van der Waals surface area (Å²) in [7, 11) is 0. The zero-order chi connectivity index (χ0) is 24.3. The molecule has 0 aliphatic rings. The van der Waals surface area contributed by atoms with Crippen molar-refractivity contribution in [2.75, 3.05) is 17.7 Å². The first-order chi connectivity index (χ1) is 16.5. The van der Waals surface area contributed by atoms with E-state index in [2.05, 4.69) is 15.5 Å². The Bertz CT molecular complexity index is 1110. The van der Waals surface area contributed by atoms with Gasteiger partial charge in [-0.2, -0.15) is 0 Å². The highest BCUT2D eigenvalue weighted by molar-refractivity contribution is 7.99. The molecule has 180 valence electrons. The van der Waals surface area contributed by atoms with Crippen LogP contribution in [0.5, 0.6) is 0 Å². The van der Waals surface area contributed by atoms with Crippen molar-refractivity contribution >= 4 is 41.1 Å². The second-order valence-electron chi connectivity index (χ2n) is 7.32. The number of thioether (sulfide) groups is 2. The van der Waals surface area contributed by atoms with Crippen LogP contribution in [0, 0.1) is 5.82 Å². The van der Waals surface area contributed by atoms with Crippen molar-refractivity contribution in [3.05, 3.63) is 71.3 Å². The van der Waals surface area contributed by atoms with Crippen molar-refractivity contribution in [2.45, 2.75) is 43.5 Å². The monoisotopic (exact) mass is 502 g/mol. The number of hydrogen-bond donors (Lipinski definition) is 1. The number of aromatic nitrogens is 3. The highest BCUT2D eigenvalue weighted by atomic mass is 32.2. The van der Waals surface area contributed by atoms with Crippen molar-refractivity contribution in [1.82, 2.24) is 14.8 Å². The summed E-state index contributed by atoms with van der Waals surface area (Å²) >= 11 is 2.98. The summed E-state index contributed by atoms with van der Waals surface area (Å²) < 4.78 is 20.2. The Balaban J connectivity index is 1.51. The van der Waals surface area contributed by atoms with Gasteiger partial charge in [0.15, 0.2) is 5.16 Å². The van der Waals surface area contributed by atoms with Crippen LogP contribution in [0.15, 0.2) is 53.7 Å². The molecule has 0 fully saturated rings. The smallest absolute Gasteiger partial charge is 0.338 e. The fourth-order valence-corrected chi connectivity index (χ4v) is 4.77. The van der Waals surface area contributed by atoms with E-state index in [0.29, 0.717) is 35.3 Å². The number of rotatable bonds is 12. The molecule has 1 heterocycles. The molecule has 1 amide bonds. The van der Waals surface area contributed by atoms with Gasteiger partial charge in [0.2, 0.25) is 5.91 Å². The lowest BCUT2D eigenvalue weighted by Crippen LogP contribution is -2.15. The predicted molar refractivity (Wildman–Crippen MR) is 133 cm³/mol. The van der Waals surface area contributed by atoms with E-state index in [1.807, 2.05) is 18.4 Å². The van der Waals surface area contributed by atoms with Crippen LogP contribution in [0.3, 0.4) is 0 Å². The van der Waals surface area contributed by atoms with E-state index < -0.39 is 5.97 Å². The summed E-state index contributed by atoms with van der Waals surface area (Å²) in [5.41, 5.74) is 1.97. The summed E-state index contributed by atoms with van der Waals surface area (Å²) in [6.45, 7) is 4.98. The molecule has 0 bridgehead atoms. The largest absolute Gasteiger partial charge is 0.462 e. The van der Waals surface area contributed by atoms with Crippen LogP contribution in [0.25, 0.3) is 0 Å². The average Bonchev–Trinajstić information content (AvgIpc) is 3.24. The second-order valence-corrected chi connectivity index (χ2v) is 9.24. The Labute approximate surface area is 206 Å². The lowest BCUT2D eigenvalue weighted by Gasteiger charge is -2.09. The van der Waals surface area contributed by atoms with Gasteiger partial charge in [-0.3, -0.25) is 4.79 Å². The number of halogens is 1. The summed E-state index contributed by atoms with van der Waals surface area (Å²) in [4.78, 5) is 24.5. The highest BCUT2D eigenvalue weighted by Gasteiger charge is 2.14. The van der Waals surface area contributed by atoms with Gasteiger partial charge in [-0.15, -0.1) is 22.0 Å². The third-order valence-electron chi connectivity index (χ3n) is 4.67. The van der Waals surface area contributed by atoms with Crippen LogP contribution in [0.2, 0.25) is 0 Å². The Morgan fingerprint density at radius 1 is 1.09 bits per heavy atom. The summed E-state index contributed by atoms with van der Waals surface area (Å²) in [6, 6.07) is 13.1. The van der Waals surface area contributed by atoms with Crippen LogP contribution in [-0.4, -0.2) is 39.0 Å². The van der Waals surface area contributed by atoms with E-state index in [-0.39, 0.29) is 17.5 Å². The Hall–Kier alpha value is -2.85. The van der Waals surface area contributed by atoms with E-state index >= 15 is 0 Å². The first-order valence-electron chi connectivity index (χ1n) is 10.9. The third kappa shape index (κ3) is 7.59. The van der Waals surface area contributed by atoms with Gasteiger partial charge in [0.25, 0.3) is 0 Å². The Kier molecular flexibility index (Phi) is 9.96. The lowest BCUT2D eigenvalue weighted by atomic mass is 10.2. The standard InChI is InChI=1S/C24H27FN4O3S2/c1-3-12-32-23(31)18-6-5-7-20(13-18)26-22(30)16-34-24-28-27-21(29(24)4-2)15-33-14-17-8-10-19(25)11-9-17/h5-11,13H,3-4,12,14-16H2,1-2H3,(H,26,30). The summed E-state index contributed by atoms with van der Waals surface area (Å²) in [5.74, 6) is 1.53. The van der Waals surface area contributed by atoms with E-state index in [4.69, 9.17) is 4.74 Å². The van der Waals surface area contributed by atoms with Crippen molar-refractivity contribution < 1.29 is 18.7 Å². The molecule has 7 nitrogen and oxygen atoms in total. The van der Waals surface area contributed by atoms with Crippen molar-refractivity contribution in [3.8, 4) is 0 Å².